The molecule has 156 valence electrons. The van der Waals surface area contributed by atoms with Gasteiger partial charge in [-0.1, -0.05) is 24.3 Å². The van der Waals surface area contributed by atoms with Crippen molar-refractivity contribution in [3.63, 3.8) is 0 Å². The van der Waals surface area contributed by atoms with Gasteiger partial charge in [0.25, 0.3) is 0 Å². The number of ether oxygens (including phenoxy) is 2. The molecule has 2 aromatic carbocycles. The Balaban J connectivity index is 1.67. The van der Waals surface area contributed by atoms with E-state index in [2.05, 4.69) is 10.00 Å². The van der Waals surface area contributed by atoms with E-state index in [0.717, 1.165) is 53.9 Å². The van der Waals surface area contributed by atoms with Crippen LogP contribution in [0, 0.1) is 0 Å². The number of methoxy groups -OCH3 is 2. The van der Waals surface area contributed by atoms with E-state index in [4.69, 9.17) is 9.47 Å². The molecule has 0 N–H and O–H groups in total. The third kappa shape index (κ3) is 3.96. The number of rotatable bonds is 7. The van der Waals surface area contributed by atoms with Crippen LogP contribution >= 0.6 is 0 Å². The molecule has 0 radical (unpaired) electrons. The minimum absolute atomic E-state index is 0.0279. The second-order valence-electron chi connectivity index (χ2n) is 7.53. The van der Waals surface area contributed by atoms with Gasteiger partial charge >= 0.3 is 0 Å². The van der Waals surface area contributed by atoms with Crippen molar-refractivity contribution < 1.29 is 14.3 Å². The Morgan fingerprint density at radius 2 is 1.77 bits per heavy atom. The molecule has 3 aromatic rings. The van der Waals surface area contributed by atoms with E-state index in [0.29, 0.717) is 6.54 Å². The van der Waals surface area contributed by atoms with Gasteiger partial charge in [-0.3, -0.25) is 4.90 Å². The molecular weight excluding hydrogens is 378 g/mol. The smallest absolute Gasteiger partial charge is 0.137 e. The number of benzene rings is 2. The number of likely N-dealkylation sites (tertiary alicyclic amines) is 1. The van der Waals surface area contributed by atoms with Crippen LogP contribution < -0.4 is 9.47 Å². The summed E-state index contributed by atoms with van der Waals surface area (Å²) in [7, 11) is 3.35. The molecule has 4 rings (SSSR count). The molecule has 6 heteroatoms. The van der Waals surface area contributed by atoms with Gasteiger partial charge in [0.1, 0.15) is 17.8 Å². The van der Waals surface area contributed by atoms with E-state index in [9.17, 15) is 4.79 Å². The van der Waals surface area contributed by atoms with Crippen LogP contribution in [0.2, 0.25) is 0 Å². The van der Waals surface area contributed by atoms with Crippen molar-refractivity contribution in [2.24, 2.45) is 0 Å². The van der Waals surface area contributed by atoms with Gasteiger partial charge in [0.2, 0.25) is 0 Å². The average molecular weight is 405 g/mol. The first-order valence-electron chi connectivity index (χ1n) is 10.3. The summed E-state index contributed by atoms with van der Waals surface area (Å²) in [5.41, 5.74) is 3.08. The van der Waals surface area contributed by atoms with Gasteiger partial charge in [0, 0.05) is 24.3 Å². The summed E-state index contributed by atoms with van der Waals surface area (Å²) in [5, 5.41) is 4.52. The molecule has 0 spiro atoms. The molecule has 2 atom stereocenters. The van der Waals surface area contributed by atoms with Crippen LogP contribution in [-0.2, 0) is 11.3 Å². The highest BCUT2D eigenvalue weighted by molar-refractivity contribution is 5.58. The Hall–Kier alpha value is -3.12. The summed E-state index contributed by atoms with van der Waals surface area (Å²) >= 11 is 0. The van der Waals surface area contributed by atoms with E-state index < -0.39 is 0 Å². The number of para-hydroxylation sites is 1. The average Bonchev–Trinajstić information content (AvgIpc) is 3.28. The second-order valence-corrected chi connectivity index (χ2v) is 7.53. The molecule has 2 unspecified atom stereocenters. The first-order valence-corrected chi connectivity index (χ1v) is 10.3. The molecule has 1 aliphatic heterocycles. The van der Waals surface area contributed by atoms with Crippen molar-refractivity contribution in [1.29, 1.82) is 0 Å². The summed E-state index contributed by atoms with van der Waals surface area (Å²) in [4.78, 5) is 14.2. The fourth-order valence-corrected chi connectivity index (χ4v) is 4.35. The lowest BCUT2D eigenvalue weighted by atomic mass is 9.89. The summed E-state index contributed by atoms with van der Waals surface area (Å²) in [6, 6.07) is 15.7. The van der Waals surface area contributed by atoms with Crippen LogP contribution in [0.5, 0.6) is 11.5 Å². The second kappa shape index (κ2) is 9.13. The molecule has 1 aromatic heterocycles. The van der Waals surface area contributed by atoms with Crippen molar-refractivity contribution in [3.05, 3.63) is 72.1 Å². The number of piperidine rings is 1. The Morgan fingerprint density at radius 3 is 2.43 bits per heavy atom. The van der Waals surface area contributed by atoms with Crippen LogP contribution in [0.1, 0.15) is 36.4 Å². The van der Waals surface area contributed by atoms with Crippen LogP contribution in [0.3, 0.4) is 0 Å². The lowest BCUT2D eigenvalue weighted by molar-refractivity contribution is -0.115. The number of hydrogen-bond donors (Lipinski definition) is 0. The van der Waals surface area contributed by atoms with E-state index in [-0.39, 0.29) is 12.1 Å². The maximum Gasteiger partial charge on any atom is 0.137 e. The molecule has 30 heavy (non-hydrogen) atoms. The van der Waals surface area contributed by atoms with Crippen molar-refractivity contribution in [3.8, 4) is 17.2 Å². The molecule has 0 bridgehead atoms. The van der Waals surface area contributed by atoms with Gasteiger partial charge < -0.3 is 14.3 Å². The van der Waals surface area contributed by atoms with Crippen LogP contribution in [0.4, 0.5) is 0 Å². The van der Waals surface area contributed by atoms with Gasteiger partial charge in [-0.15, -0.1) is 0 Å². The van der Waals surface area contributed by atoms with Crippen LogP contribution in [-0.4, -0.2) is 41.2 Å². The molecule has 0 saturated carbocycles. The lowest BCUT2D eigenvalue weighted by Gasteiger charge is -2.40. The number of carbonyl (C=O) groups is 1. The molecule has 2 heterocycles. The standard InChI is InChI=1S/C24H27N3O3/c1-29-22-12-7-13-23(30-2)24(22)21-11-6-10-20(17-28)26(21)15-18-14-25-27(16-18)19-8-4-3-5-9-19/h3-5,7-9,12-14,16-17,20-21H,6,10-11,15H2,1-2H3. The number of aromatic nitrogens is 2. The summed E-state index contributed by atoms with van der Waals surface area (Å²) in [5.74, 6) is 1.58. The molecule has 1 aliphatic rings. The van der Waals surface area contributed by atoms with Gasteiger partial charge in [-0.25, -0.2) is 4.68 Å². The molecule has 1 saturated heterocycles. The van der Waals surface area contributed by atoms with Gasteiger partial charge in [-0.2, -0.15) is 5.10 Å². The minimum atomic E-state index is -0.154. The Labute approximate surface area is 177 Å². The van der Waals surface area contributed by atoms with Gasteiger partial charge in [0.15, 0.2) is 0 Å². The highest BCUT2D eigenvalue weighted by Gasteiger charge is 2.35. The predicted octanol–water partition coefficient (Wildman–Crippen LogP) is 4.18. The van der Waals surface area contributed by atoms with Crippen molar-refractivity contribution in [2.45, 2.75) is 37.9 Å². The SMILES string of the molecule is COc1cccc(OC)c1C1CCCC(C=O)N1Cc1cnn(-c2ccccc2)c1. The Kier molecular flexibility index (Phi) is 6.14. The predicted molar refractivity (Wildman–Crippen MR) is 115 cm³/mol. The van der Waals surface area contributed by atoms with E-state index in [1.54, 1.807) is 14.2 Å². The summed E-state index contributed by atoms with van der Waals surface area (Å²) in [6.45, 7) is 0.627. The highest BCUT2D eigenvalue weighted by Crippen LogP contribution is 2.43. The Bertz CT molecular complexity index is 964. The number of nitrogens with zero attached hydrogens (tertiary/aromatic N) is 3. The first-order chi connectivity index (χ1) is 14.7. The maximum atomic E-state index is 11.9. The van der Waals surface area contributed by atoms with Gasteiger partial charge in [-0.05, 0) is 43.5 Å². The van der Waals surface area contributed by atoms with Crippen molar-refractivity contribution in [2.75, 3.05) is 14.2 Å². The highest BCUT2D eigenvalue weighted by atomic mass is 16.5. The minimum Gasteiger partial charge on any atom is -0.496 e. The van der Waals surface area contributed by atoms with E-state index in [1.165, 1.54) is 0 Å². The fourth-order valence-electron chi connectivity index (χ4n) is 4.35. The zero-order chi connectivity index (χ0) is 20.9. The Morgan fingerprint density at radius 1 is 1.03 bits per heavy atom. The molecule has 1 fully saturated rings. The topological polar surface area (TPSA) is 56.6 Å². The number of carbonyl (C=O) groups excluding carboxylic acids is 1. The van der Waals surface area contributed by atoms with Crippen molar-refractivity contribution in [1.82, 2.24) is 14.7 Å². The molecule has 6 nitrogen and oxygen atoms in total. The summed E-state index contributed by atoms with van der Waals surface area (Å²) < 4.78 is 13.2. The maximum absolute atomic E-state index is 11.9. The molecule has 0 amide bonds. The molecule has 0 aliphatic carbocycles. The first kappa shape index (κ1) is 20.2. The zero-order valence-corrected chi connectivity index (χ0v) is 17.4. The molecular formula is C24H27N3O3. The lowest BCUT2D eigenvalue weighted by Crippen LogP contribution is -2.42. The number of aldehydes is 1. The monoisotopic (exact) mass is 405 g/mol. The van der Waals surface area contributed by atoms with Crippen LogP contribution in [0.25, 0.3) is 5.69 Å². The third-order valence-corrected chi connectivity index (χ3v) is 5.78. The third-order valence-electron chi connectivity index (χ3n) is 5.78. The van der Waals surface area contributed by atoms with Gasteiger partial charge in [0.05, 0.1) is 37.7 Å². The van der Waals surface area contributed by atoms with Crippen LogP contribution in [0.15, 0.2) is 60.9 Å². The van der Waals surface area contributed by atoms with E-state index in [1.807, 2.05) is 65.6 Å². The number of hydrogen-bond acceptors (Lipinski definition) is 5. The fraction of sp³-hybridized carbons (Fsp3) is 0.333. The van der Waals surface area contributed by atoms with Crippen molar-refractivity contribution >= 4 is 6.29 Å². The largest absolute Gasteiger partial charge is 0.496 e. The zero-order valence-electron chi connectivity index (χ0n) is 17.4. The quantitative estimate of drug-likeness (QED) is 0.552. The normalized spacial score (nSPS) is 19.4. The summed E-state index contributed by atoms with van der Waals surface area (Å²) in [6.07, 6.45) is 7.74. The van der Waals surface area contributed by atoms with E-state index >= 15 is 0 Å².